The topological polar surface area (TPSA) is 104 Å². The van der Waals surface area contributed by atoms with Crippen molar-refractivity contribution in [2.45, 2.75) is 45.1 Å². The molecule has 5 aromatic rings. The van der Waals surface area contributed by atoms with E-state index in [1.807, 2.05) is 60.1 Å². The SMILES string of the molecule is CC(=O)N1CC(N2CCC(c3nn(C)c4ncc(-c5nc6cc(C)c(CC(=O)O)c(-c7ccc(Cl)cc7)c6s5)cc34)CC2)C1. The number of carbonyl (C=O) groups excluding carboxylic acids is 1. The maximum absolute atomic E-state index is 11.9. The summed E-state index contributed by atoms with van der Waals surface area (Å²) in [6.07, 6.45) is 3.82. The highest BCUT2D eigenvalue weighted by Gasteiger charge is 2.36. The molecule has 3 aromatic heterocycles. The average Bonchev–Trinajstić information content (AvgIpc) is 3.54. The summed E-state index contributed by atoms with van der Waals surface area (Å²) < 4.78 is 2.82. The van der Waals surface area contributed by atoms with Gasteiger partial charge in [0, 0.05) is 66.8 Å². The van der Waals surface area contributed by atoms with Crippen LogP contribution in [0.5, 0.6) is 0 Å². The number of nitrogens with zero attached hydrogens (tertiary/aromatic N) is 6. The van der Waals surface area contributed by atoms with Crippen LogP contribution in [0.2, 0.25) is 5.02 Å². The van der Waals surface area contributed by atoms with E-state index in [0.717, 1.165) is 98.8 Å². The van der Waals surface area contributed by atoms with E-state index < -0.39 is 5.97 Å². The van der Waals surface area contributed by atoms with E-state index in [0.29, 0.717) is 17.0 Å². The molecule has 2 aromatic carbocycles. The minimum Gasteiger partial charge on any atom is -0.481 e. The first-order valence-corrected chi connectivity index (χ1v) is 16.1. The number of fused-ring (bicyclic) bond motifs is 2. The van der Waals surface area contributed by atoms with Crippen molar-refractivity contribution < 1.29 is 14.7 Å². The summed E-state index contributed by atoms with van der Waals surface area (Å²) in [5, 5.41) is 17.2. The van der Waals surface area contributed by atoms with Crippen LogP contribution >= 0.6 is 22.9 Å². The predicted octanol–water partition coefficient (Wildman–Crippen LogP) is 5.91. The second-order valence-electron chi connectivity index (χ2n) is 12.0. The van der Waals surface area contributed by atoms with Crippen molar-refractivity contribution in [1.29, 1.82) is 0 Å². The molecule has 9 nitrogen and oxygen atoms in total. The van der Waals surface area contributed by atoms with Gasteiger partial charge in [0.25, 0.3) is 0 Å². The molecular weight excluding hydrogens is 596 g/mol. The van der Waals surface area contributed by atoms with Crippen LogP contribution in [0.1, 0.15) is 42.5 Å². The zero-order valence-corrected chi connectivity index (χ0v) is 26.5. The number of aromatic nitrogens is 4. The van der Waals surface area contributed by atoms with Crippen LogP contribution in [0.3, 0.4) is 0 Å². The number of rotatable bonds is 6. The van der Waals surface area contributed by atoms with Crippen LogP contribution in [-0.2, 0) is 23.1 Å². The highest BCUT2D eigenvalue weighted by molar-refractivity contribution is 7.22. The molecule has 11 heteroatoms. The van der Waals surface area contributed by atoms with Gasteiger partial charge in [0.05, 0.1) is 22.3 Å². The molecule has 226 valence electrons. The van der Waals surface area contributed by atoms with E-state index in [-0.39, 0.29) is 12.3 Å². The molecule has 0 spiro atoms. The molecule has 0 bridgehead atoms. The predicted molar refractivity (Wildman–Crippen MR) is 173 cm³/mol. The maximum Gasteiger partial charge on any atom is 0.307 e. The van der Waals surface area contributed by atoms with Gasteiger partial charge in [-0.1, -0.05) is 23.7 Å². The third-order valence-corrected chi connectivity index (χ3v) is 10.6. The monoisotopic (exact) mass is 628 g/mol. The molecule has 7 rings (SSSR count). The van der Waals surface area contributed by atoms with Crippen LogP contribution in [-0.4, -0.2) is 78.8 Å². The van der Waals surface area contributed by atoms with Gasteiger partial charge in [0.15, 0.2) is 5.65 Å². The number of carboxylic acids is 1. The number of pyridine rings is 1. The van der Waals surface area contributed by atoms with E-state index in [1.54, 1.807) is 18.3 Å². The molecule has 2 aliphatic rings. The molecular formula is C33H33ClN6O3S. The van der Waals surface area contributed by atoms with E-state index in [9.17, 15) is 14.7 Å². The van der Waals surface area contributed by atoms with Gasteiger partial charge in [-0.25, -0.2) is 9.97 Å². The number of hydrogen-bond donors (Lipinski definition) is 1. The Morgan fingerprint density at radius 2 is 1.82 bits per heavy atom. The first kappa shape index (κ1) is 28.9. The lowest BCUT2D eigenvalue weighted by molar-refractivity contribution is -0.137. The average molecular weight is 629 g/mol. The van der Waals surface area contributed by atoms with Crippen molar-refractivity contribution in [3.8, 4) is 21.7 Å². The molecule has 5 heterocycles. The summed E-state index contributed by atoms with van der Waals surface area (Å²) in [5.41, 5.74) is 7.18. The van der Waals surface area contributed by atoms with Crippen LogP contribution in [0, 0.1) is 6.92 Å². The van der Waals surface area contributed by atoms with Gasteiger partial charge >= 0.3 is 5.97 Å². The lowest BCUT2D eigenvalue weighted by atomic mass is 9.90. The van der Waals surface area contributed by atoms with Gasteiger partial charge in [0.2, 0.25) is 5.91 Å². The standard InChI is InChI=1S/C33H33ClN6O3S/c1-18-12-27-31(29(25(18)14-28(42)43)20-4-6-23(34)7-5-20)44-33(36-27)22-13-26-30(37-38(3)32(26)35-15-22)21-8-10-39(11-9-21)24-16-40(17-24)19(2)41/h4-7,12-13,15,21,24H,8-11,14,16-17H2,1-3H3,(H,42,43). The summed E-state index contributed by atoms with van der Waals surface area (Å²) in [5.74, 6) is -0.378. The van der Waals surface area contributed by atoms with Crippen molar-refractivity contribution in [3.63, 3.8) is 0 Å². The largest absolute Gasteiger partial charge is 0.481 e. The second-order valence-corrected chi connectivity index (χ2v) is 13.4. The molecule has 0 saturated carbocycles. The molecule has 0 radical (unpaired) electrons. The third kappa shape index (κ3) is 5.14. The lowest BCUT2D eigenvalue weighted by Crippen LogP contribution is -2.61. The smallest absolute Gasteiger partial charge is 0.307 e. The minimum absolute atomic E-state index is 0.0753. The second kappa shape index (κ2) is 11.3. The first-order chi connectivity index (χ1) is 21.2. The summed E-state index contributed by atoms with van der Waals surface area (Å²) in [6, 6.07) is 12.1. The Morgan fingerprint density at radius 3 is 2.50 bits per heavy atom. The zero-order chi connectivity index (χ0) is 30.7. The molecule has 0 aliphatic carbocycles. The van der Waals surface area contributed by atoms with Gasteiger partial charge in [-0.2, -0.15) is 5.10 Å². The number of piperidine rings is 1. The van der Waals surface area contributed by atoms with Gasteiger partial charge in [0.1, 0.15) is 5.01 Å². The van der Waals surface area contributed by atoms with Crippen molar-refractivity contribution >= 4 is 56.1 Å². The van der Waals surface area contributed by atoms with Crippen LogP contribution in [0.4, 0.5) is 0 Å². The number of halogens is 1. The fourth-order valence-corrected chi connectivity index (χ4v) is 7.97. The number of benzene rings is 2. The van der Waals surface area contributed by atoms with E-state index in [1.165, 1.54) is 0 Å². The van der Waals surface area contributed by atoms with Gasteiger partial charge in [-0.3, -0.25) is 19.2 Å². The highest BCUT2D eigenvalue weighted by atomic mass is 35.5. The first-order valence-electron chi connectivity index (χ1n) is 14.9. The van der Waals surface area contributed by atoms with Crippen molar-refractivity contribution in [2.24, 2.45) is 7.05 Å². The molecule has 1 amide bonds. The molecule has 44 heavy (non-hydrogen) atoms. The number of thiazole rings is 1. The maximum atomic E-state index is 11.9. The van der Waals surface area contributed by atoms with Gasteiger partial charge in [-0.05, 0) is 73.8 Å². The number of hydrogen-bond acceptors (Lipinski definition) is 7. The fraction of sp³-hybridized carbons (Fsp3) is 0.364. The quantitative estimate of drug-likeness (QED) is 0.249. The minimum atomic E-state index is -0.872. The Balaban J connectivity index is 1.23. The summed E-state index contributed by atoms with van der Waals surface area (Å²) in [6.45, 7) is 7.24. The van der Waals surface area contributed by atoms with Crippen LogP contribution in [0.15, 0.2) is 42.6 Å². The lowest BCUT2D eigenvalue weighted by Gasteiger charge is -2.47. The van der Waals surface area contributed by atoms with E-state index in [4.69, 9.17) is 26.7 Å². The molecule has 2 fully saturated rings. The Labute approximate surface area is 264 Å². The number of aliphatic carboxylic acids is 1. The van der Waals surface area contributed by atoms with Crippen LogP contribution < -0.4 is 0 Å². The highest BCUT2D eigenvalue weighted by Crippen LogP contribution is 2.42. The van der Waals surface area contributed by atoms with Gasteiger partial charge < -0.3 is 10.0 Å². The number of aryl methyl sites for hydroxylation is 2. The summed E-state index contributed by atoms with van der Waals surface area (Å²) >= 11 is 7.75. The molecule has 1 N–H and O–H groups in total. The number of carboxylic acid groups (broad SMARTS) is 1. The zero-order valence-electron chi connectivity index (χ0n) is 24.9. The number of carbonyl (C=O) groups is 2. The Bertz CT molecular complexity index is 1920. The van der Waals surface area contributed by atoms with Crippen molar-refractivity contribution in [1.82, 2.24) is 29.5 Å². The normalized spacial score (nSPS) is 16.6. The van der Waals surface area contributed by atoms with Crippen molar-refractivity contribution in [2.75, 3.05) is 26.2 Å². The molecule has 2 aliphatic heterocycles. The van der Waals surface area contributed by atoms with E-state index >= 15 is 0 Å². The Kier molecular flexibility index (Phi) is 7.39. The Morgan fingerprint density at radius 1 is 1.09 bits per heavy atom. The van der Waals surface area contributed by atoms with Gasteiger partial charge in [-0.15, -0.1) is 11.3 Å². The fourth-order valence-electron chi connectivity index (χ4n) is 6.73. The Hall–Kier alpha value is -3.86. The third-order valence-electron chi connectivity index (χ3n) is 9.17. The molecule has 2 saturated heterocycles. The number of amides is 1. The summed E-state index contributed by atoms with van der Waals surface area (Å²) in [7, 11) is 1.95. The van der Waals surface area contributed by atoms with Crippen LogP contribution in [0.25, 0.3) is 42.9 Å². The van der Waals surface area contributed by atoms with Crippen molar-refractivity contribution in [3.05, 3.63) is 64.4 Å². The summed E-state index contributed by atoms with van der Waals surface area (Å²) in [4.78, 5) is 37.8. The number of likely N-dealkylation sites (tertiary alicyclic amines) is 2. The molecule has 0 atom stereocenters. The molecule has 0 unspecified atom stereocenters. The van der Waals surface area contributed by atoms with E-state index in [2.05, 4.69) is 11.0 Å².